The summed E-state index contributed by atoms with van der Waals surface area (Å²) >= 11 is 1.44. The second kappa shape index (κ2) is 10.8. The summed E-state index contributed by atoms with van der Waals surface area (Å²) in [4.78, 5) is 39.1. The number of hydrogen-bond acceptors (Lipinski definition) is 7. The molecule has 2 aromatic carbocycles. The van der Waals surface area contributed by atoms with Crippen LogP contribution in [0.5, 0.6) is 0 Å². The normalized spacial score (nSPS) is 13.8. The van der Waals surface area contributed by atoms with Crippen molar-refractivity contribution in [3.63, 3.8) is 0 Å². The van der Waals surface area contributed by atoms with Crippen molar-refractivity contribution in [3.05, 3.63) is 81.0 Å². The van der Waals surface area contributed by atoms with Crippen LogP contribution in [0.4, 0.5) is 11.4 Å². The lowest BCUT2D eigenvalue weighted by Gasteiger charge is -2.14. The number of anilines is 2. The number of amides is 1. The van der Waals surface area contributed by atoms with Crippen LogP contribution < -0.4 is 10.6 Å². The molecule has 1 aliphatic heterocycles. The van der Waals surface area contributed by atoms with E-state index in [0.29, 0.717) is 34.5 Å². The molecule has 0 unspecified atom stereocenters. The molecule has 0 radical (unpaired) electrons. The minimum atomic E-state index is -0.859. The molecule has 0 atom stereocenters. The zero-order valence-corrected chi connectivity index (χ0v) is 21.1. The molecule has 1 aromatic heterocycles. The van der Waals surface area contributed by atoms with Crippen molar-refractivity contribution in [1.82, 2.24) is 4.90 Å². The molecule has 4 rings (SSSR count). The summed E-state index contributed by atoms with van der Waals surface area (Å²) in [5.74, 6) is -1.64. The lowest BCUT2D eigenvalue weighted by molar-refractivity contribution is -0.137. The predicted molar refractivity (Wildman–Crippen MR) is 141 cm³/mol. The number of rotatable bonds is 9. The van der Waals surface area contributed by atoms with E-state index in [2.05, 4.69) is 15.5 Å². The first kappa shape index (κ1) is 25.2. The molecule has 1 amide bonds. The fourth-order valence-electron chi connectivity index (χ4n) is 4.01. The molecule has 2 heterocycles. The van der Waals surface area contributed by atoms with Crippen molar-refractivity contribution in [3.8, 4) is 0 Å². The highest BCUT2D eigenvalue weighted by molar-refractivity contribution is 7.11. The van der Waals surface area contributed by atoms with E-state index in [4.69, 9.17) is 9.84 Å². The van der Waals surface area contributed by atoms with Crippen molar-refractivity contribution in [2.45, 2.75) is 19.4 Å². The number of carbonyl (C=O) groups is 3. The summed E-state index contributed by atoms with van der Waals surface area (Å²) in [5, 5.41) is 17.2. The summed E-state index contributed by atoms with van der Waals surface area (Å²) in [6.45, 7) is 0.810. The summed E-state index contributed by atoms with van der Waals surface area (Å²) < 4.78 is 4.80. The molecule has 0 saturated heterocycles. The van der Waals surface area contributed by atoms with Crippen LogP contribution in [0.3, 0.4) is 0 Å². The van der Waals surface area contributed by atoms with Gasteiger partial charge in [0.05, 0.1) is 34.5 Å². The maximum atomic E-state index is 13.2. The average molecular weight is 506 g/mol. The number of aliphatic carboxylic acids is 1. The number of fused-ring (bicyclic) bond motifs is 1. The Labute approximate surface area is 213 Å². The fraction of sp³-hybridized carbons (Fsp3) is 0.222. The smallest absolute Gasteiger partial charge is 0.337 e. The number of aryl methyl sites for hydroxylation is 1. The Balaban J connectivity index is 1.76. The number of ether oxygens (including phenoxy) is 1. The lowest BCUT2D eigenvalue weighted by Crippen LogP contribution is -2.11. The molecule has 8 nitrogen and oxygen atoms in total. The summed E-state index contributed by atoms with van der Waals surface area (Å²) in [6, 6.07) is 14.9. The number of nitrogens with zero attached hydrogens (tertiary/aromatic N) is 1. The van der Waals surface area contributed by atoms with E-state index in [1.807, 2.05) is 49.8 Å². The minimum absolute atomic E-state index is 0.0302. The molecule has 186 valence electrons. The Morgan fingerprint density at radius 1 is 1.08 bits per heavy atom. The van der Waals surface area contributed by atoms with Crippen LogP contribution in [0.25, 0.3) is 11.3 Å². The molecular formula is C27H27N3O5S. The third kappa shape index (κ3) is 5.64. The molecule has 0 aliphatic carbocycles. The zero-order valence-electron chi connectivity index (χ0n) is 20.3. The molecule has 36 heavy (non-hydrogen) atoms. The number of carboxylic acid groups (broad SMARTS) is 1. The van der Waals surface area contributed by atoms with Gasteiger partial charge in [0.2, 0.25) is 0 Å². The minimum Gasteiger partial charge on any atom is -0.481 e. The number of hydrogen-bond donors (Lipinski definition) is 3. The van der Waals surface area contributed by atoms with Crippen molar-refractivity contribution in [2.75, 3.05) is 31.8 Å². The number of methoxy groups -OCH3 is 1. The highest BCUT2D eigenvalue weighted by Crippen LogP contribution is 2.39. The van der Waals surface area contributed by atoms with Gasteiger partial charge in [-0.1, -0.05) is 18.2 Å². The van der Waals surface area contributed by atoms with Gasteiger partial charge in [-0.15, -0.1) is 11.3 Å². The molecule has 3 N–H and O–H groups in total. The first-order chi connectivity index (χ1) is 17.2. The monoisotopic (exact) mass is 505 g/mol. The summed E-state index contributed by atoms with van der Waals surface area (Å²) in [7, 11) is 5.33. The summed E-state index contributed by atoms with van der Waals surface area (Å²) in [5.41, 5.74) is 5.46. The molecule has 0 fully saturated rings. The quantitative estimate of drug-likeness (QED) is 0.289. The van der Waals surface area contributed by atoms with Gasteiger partial charge < -0.3 is 25.4 Å². The largest absolute Gasteiger partial charge is 0.481 e. The van der Waals surface area contributed by atoms with Crippen LogP contribution in [0.1, 0.15) is 38.3 Å². The Kier molecular flexibility index (Phi) is 7.52. The van der Waals surface area contributed by atoms with Crippen LogP contribution in [-0.2, 0) is 27.3 Å². The number of carboxylic acids is 1. The topological polar surface area (TPSA) is 108 Å². The van der Waals surface area contributed by atoms with E-state index >= 15 is 0 Å². The van der Waals surface area contributed by atoms with E-state index in [9.17, 15) is 14.4 Å². The Bertz CT molecular complexity index is 1340. The molecule has 0 bridgehead atoms. The predicted octanol–water partition coefficient (Wildman–Crippen LogP) is 4.55. The molecule has 3 aromatic rings. The standard InChI is InChI=1S/C27H27N3O5S/c1-30(2)14-16-4-8-19(9-5-16)28-25(22-12-17(15-36-22)6-11-23(31)32)24-20-10-7-18(27(34)35-3)13-21(20)29-26(24)33/h4-5,7-10,12-13,15,28H,6,11,14H2,1-3H3,(H,29,33)(H,31,32). The van der Waals surface area contributed by atoms with Gasteiger partial charge >= 0.3 is 11.9 Å². The van der Waals surface area contributed by atoms with Crippen LogP contribution in [0.15, 0.2) is 53.9 Å². The van der Waals surface area contributed by atoms with Crippen LogP contribution in [0.2, 0.25) is 0 Å². The fourth-order valence-corrected chi connectivity index (χ4v) is 4.96. The third-order valence-corrected chi connectivity index (χ3v) is 6.68. The highest BCUT2D eigenvalue weighted by atomic mass is 32.1. The van der Waals surface area contributed by atoms with Crippen LogP contribution in [-0.4, -0.2) is 49.1 Å². The second-order valence-corrected chi connectivity index (χ2v) is 9.64. The van der Waals surface area contributed by atoms with E-state index in [1.165, 1.54) is 18.4 Å². The average Bonchev–Trinajstić information content (AvgIpc) is 3.44. The van der Waals surface area contributed by atoms with Gasteiger partial charge in [-0.25, -0.2) is 4.79 Å². The number of thiophene rings is 1. The van der Waals surface area contributed by atoms with Crippen LogP contribution in [0, 0.1) is 0 Å². The van der Waals surface area contributed by atoms with Gasteiger partial charge in [-0.2, -0.15) is 0 Å². The van der Waals surface area contributed by atoms with Gasteiger partial charge in [0, 0.05) is 24.2 Å². The number of carbonyl (C=O) groups excluding carboxylic acids is 2. The van der Waals surface area contributed by atoms with Gasteiger partial charge in [-0.3, -0.25) is 9.59 Å². The highest BCUT2D eigenvalue weighted by Gasteiger charge is 2.30. The van der Waals surface area contributed by atoms with E-state index in [0.717, 1.165) is 28.2 Å². The Hall–Kier alpha value is -3.95. The number of benzene rings is 2. The maximum Gasteiger partial charge on any atom is 0.337 e. The second-order valence-electron chi connectivity index (χ2n) is 8.73. The van der Waals surface area contributed by atoms with Gasteiger partial charge in [0.15, 0.2) is 0 Å². The van der Waals surface area contributed by atoms with Crippen molar-refractivity contribution >= 4 is 51.8 Å². The molecule has 0 spiro atoms. The van der Waals surface area contributed by atoms with Crippen molar-refractivity contribution in [1.29, 1.82) is 0 Å². The Morgan fingerprint density at radius 2 is 1.83 bits per heavy atom. The zero-order chi connectivity index (χ0) is 25.8. The summed E-state index contributed by atoms with van der Waals surface area (Å²) in [6.07, 6.45) is 0.432. The van der Waals surface area contributed by atoms with Gasteiger partial charge in [0.25, 0.3) is 5.91 Å². The number of esters is 1. The Morgan fingerprint density at radius 3 is 2.50 bits per heavy atom. The van der Waals surface area contributed by atoms with E-state index in [-0.39, 0.29) is 12.3 Å². The molecule has 0 saturated carbocycles. The van der Waals surface area contributed by atoms with Gasteiger partial charge in [0.1, 0.15) is 0 Å². The molecule has 9 heteroatoms. The van der Waals surface area contributed by atoms with E-state index in [1.54, 1.807) is 18.2 Å². The van der Waals surface area contributed by atoms with E-state index < -0.39 is 11.9 Å². The first-order valence-electron chi connectivity index (χ1n) is 11.3. The third-order valence-electron chi connectivity index (χ3n) is 5.69. The van der Waals surface area contributed by atoms with Crippen LogP contribution >= 0.6 is 11.3 Å². The van der Waals surface area contributed by atoms with Gasteiger partial charge in [-0.05, 0) is 67.4 Å². The maximum absolute atomic E-state index is 13.2. The number of nitrogens with one attached hydrogen (secondary N) is 2. The first-order valence-corrected chi connectivity index (χ1v) is 12.2. The SMILES string of the molecule is COC(=O)c1ccc2c(c1)NC(=O)C2=C(Nc1ccc(CN(C)C)cc1)c1cc(CCC(=O)O)cs1. The molecule has 1 aliphatic rings. The lowest BCUT2D eigenvalue weighted by atomic mass is 10.0. The molecular weight excluding hydrogens is 478 g/mol. The van der Waals surface area contributed by atoms with Crippen molar-refractivity contribution in [2.24, 2.45) is 0 Å². The van der Waals surface area contributed by atoms with Crippen molar-refractivity contribution < 1.29 is 24.2 Å².